The molecule has 0 amide bonds. The first kappa shape index (κ1) is 20.1. The Labute approximate surface area is 130 Å². The molecule has 0 fully saturated rings. The average Bonchev–Trinajstić information content (AvgIpc) is 2.48. The van der Waals surface area contributed by atoms with Gasteiger partial charge in [-0.2, -0.15) is 0 Å². The molecule has 124 valence electrons. The van der Waals surface area contributed by atoms with Crippen LogP contribution in [0.3, 0.4) is 0 Å². The molecule has 0 aromatic heterocycles. The molecule has 0 rings (SSSR count). The Morgan fingerprint density at radius 3 is 1.52 bits per heavy atom. The van der Waals surface area contributed by atoms with E-state index in [9.17, 15) is 9.59 Å². The number of esters is 1. The third kappa shape index (κ3) is 13.9. The molecule has 0 aromatic rings. The SMILES string of the molecule is CCCCCCCCCCCCCCC(=O)C(=O)OCC. The largest absolute Gasteiger partial charge is 0.460 e. The first-order chi connectivity index (χ1) is 10.2. The highest BCUT2D eigenvalue weighted by Gasteiger charge is 2.13. The van der Waals surface area contributed by atoms with Crippen molar-refractivity contribution < 1.29 is 14.3 Å². The van der Waals surface area contributed by atoms with E-state index >= 15 is 0 Å². The topological polar surface area (TPSA) is 43.4 Å². The number of Topliss-reactive ketones (excluding diaryl/α,β-unsaturated/α-hetero) is 1. The third-order valence-corrected chi connectivity index (χ3v) is 3.76. The van der Waals surface area contributed by atoms with Crippen LogP contribution in [-0.4, -0.2) is 18.4 Å². The fourth-order valence-corrected chi connectivity index (χ4v) is 2.44. The monoisotopic (exact) mass is 298 g/mol. The number of unbranched alkanes of at least 4 members (excludes halogenated alkanes) is 11. The van der Waals surface area contributed by atoms with Crippen molar-refractivity contribution >= 4 is 11.8 Å². The van der Waals surface area contributed by atoms with Gasteiger partial charge in [-0.25, -0.2) is 4.79 Å². The highest BCUT2D eigenvalue weighted by atomic mass is 16.5. The minimum atomic E-state index is -0.666. The van der Waals surface area contributed by atoms with Gasteiger partial charge in [0, 0.05) is 6.42 Å². The average molecular weight is 298 g/mol. The van der Waals surface area contributed by atoms with E-state index in [2.05, 4.69) is 11.7 Å². The van der Waals surface area contributed by atoms with Gasteiger partial charge in [0.05, 0.1) is 6.61 Å². The maximum absolute atomic E-state index is 11.3. The number of ketones is 1. The molecule has 0 N–H and O–H groups in total. The van der Waals surface area contributed by atoms with E-state index in [4.69, 9.17) is 0 Å². The number of hydrogen-bond donors (Lipinski definition) is 0. The molecule has 0 aliphatic heterocycles. The Bertz CT molecular complexity index is 261. The lowest BCUT2D eigenvalue weighted by Crippen LogP contribution is -2.16. The van der Waals surface area contributed by atoms with Crippen LogP contribution in [0.4, 0.5) is 0 Å². The molecule has 0 aromatic carbocycles. The second kappa shape index (κ2) is 15.5. The van der Waals surface area contributed by atoms with E-state index in [1.807, 2.05) is 0 Å². The summed E-state index contributed by atoms with van der Waals surface area (Å²) in [4.78, 5) is 22.4. The zero-order chi connectivity index (χ0) is 15.8. The predicted molar refractivity (Wildman–Crippen MR) is 87.3 cm³/mol. The molecule has 0 aliphatic rings. The maximum atomic E-state index is 11.3. The summed E-state index contributed by atoms with van der Waals surface area (Å²) in [6.07, 6.45) is 15.5. The van der Waals surface area contributed by atoms with Gasteiger partial charge in [0.2, 0.25) is 5.78 Å². The molecule has 0 bridgehead atoms. The van der Waals surface area contributed by atoms with E-state index in [0.717, 1.165) is 12.8 Å². The van der Waals surface area contributed by atoms with Crippen molar-refractivity contribution in [1.82, 2.24) is 0 Å². The molecule has 0 spiro atoms. The minimum absolute atomic E-state index is 0.281. The van der Waals surface area contributed by atoms with Gasteiger partial charge in [0.1, 0.15) is 0 Å². The Hall–Kier alpha value is -0.860. The zero-order valence-corrected chi connectivity index (χ0v) is 14.1. The van der Waals surface area contributed by atoms with Gasteiger partial charge in [-0.15, -0.1) is 0 Å². The number of hydrogen-bond acceptors (Lipinski definition) is 3. The van der Waals surface area contributed by atoms with Crippen molar-refractivity contribution in [3.8, 4) is 0 Å². The molecule has 3 heteroatoms. The van der Waals surface area contributed by atoms with E-state index in [1.54, 1.807) is 6.92 Å². The van der Waals surface area contributed by atoms with Crippen LogP contribution in [0.15, 0.2) is 0 Å². The summed E-state index contributed by atoms with van der Waals surface area (Å²) < 4.78 is 4.67. The second-order valence-corrected chi connectivity index (χ2v) is 5.78. The summed E-state index contributed by atoms with van der Waals surface area (Å²) in [6.45, 7) is 4.25. The van der Waals surface area contributed by atoms with Crippen molar-refractivity contribution in [2.75, 3.05) is 6.61 Å². The van der Waals surface area contributed by atoms with Crippen molar-refractivity contribution in [2.24, 2.45) is 0 Å². The summed E-state index contributed by atoms with van der Waals surface area (Å²) in [7, 11) is 0. The smallest absolute Gasteiger partial charge is 0.374 e. The van der Waals surface area contributed by atoms with Crippen molar-refractivity contribution in [1.29, 1.82) is 0 Å². The lowest BCUT2D eigenvalue weighted by Gasteiger charge is -2.03. The normalized spacial score (nSPS) is 10.6. The van der Waals surface area contributed by atoms with E-state index < -0.39 is 5.97 Å². The van der Waals surface area contributed by atoms with Gasteiger partial charge in [-0.05, 0) is 13.3 Å². The van der Waals surface area contributed by atoms with Gasteiger partial charge >= 0.3 is 5.97 Å². The molecule has 3 nitrogen and oxygen atoms in total. The van der Waals surface area contributed by atoms with Gasteiger partial charge in [-0.3, -0.25) is 4.79 Å². The number of carbonyl (C=O) groups is 2. The van der Waals surface area contributed by atoms with Gasteiger partial charge < -0.3 is 4.74 Å². The molecule has 0 unspecified atom stereocenters. The van der Waals surface area contributed by atoms with Crippen molar-refractivity contribution in [3.63, 3.8) is 0 Å². The van der Waals surface area contributed by atoms with Crippen LogP contribution in [0.25, 0.3) is 0 Å². The van der Waals surface area contributed by atoms with Crippen LogP contribution < -0.4 is 0 Å². The van der Waals surface area contributed by atoms with E-state index in [-0.39, 0.29) is 12.4 Å². The van der Waals surface area contributed by atoms with Gasteiger partial charge in [0.15, 0.2) is 0 Å². The Balaban J connectivity index is 3.19. The summed E-state index contributed by atoms with van der Waals surface area (Å²) in [6, 6.07) is 0. The van der Waals surface area contributed by atoms with Crippen LogP contribution in [0.2, 0.25) is 0 Å². The van der Waals surface area contributed by atoms with E-state index in [1.165, 1.54) is 64.2 Å². The standard InChI is InChI=1S/C18H34O3/c1-3-5-6-7-8-9-10-11-12-13-14-15-16-17(19)18(20)21-4-2/h3-16H2,1-2H3. The summed E-state index contributed by atoms with van der Waals surface area (Å²) in [5.74, 6) is -1.04. The van der Waals surface area contributed by atoms with Crippen LogP contribution in [0, 0.1) is 0 Å². The molecular formula is C18H34O3. The molecule has 0 saturated heterocycles. The summed E-state index contributed by atoms with van der Waals surface area (Å²) in [5.41, 5.74) is 0. The maximum Gasteiger partial charge on any atom is 0.374 e. The predicted octanol–water partition coefficient (Wildman–Crippen LogP) is 5.21. The molecule has 0 heterocycles. The lowest BCUT2D eigenvalue weighted by molar-refractivity contribution is -0.153. The van der Waals surface area contributed by atoms with Crippen LogP contribution in [-0.2, 0) is 14.3 Å². The Morgan fingerprint density at radius 2 is 1.10 bits per heavy atom. The highest BCUT2D eigenvalue weighted by Crippen LogP contribution is 2.12. The molecular weight excluding hydrogens is 264 g/mol. The zero-order valence-electron chi connectivity index (χ0n) is 14.1. The van der Waals surface area contributed by atoms with Crippen LogP contribution in [0.5, 0.6) is 0 Å². The van der Waals surface area contributed by atoms with Crippen molar-refractivity contribution in [3.05, 3.63) is 0 Å². The molecule has 0 saturated carbocycles. The fraction of sp³-hybridized carbons (Fsp3) is 0.889. The highest BCUT2D eigenvalue weighted by molar-refractivity contribution is 6.33. The third-order valence-electron chi connectivity index (χ3n) is 3.76. The minimum Gasteiger partial charge on any atom is -0.460 e. The number of carbonyl (C=O) groups excluding carboxylic acids is 2. The van der Waals surface area contributed by atoms with Gasteiger partial charge in [0.25, 0.3) is 0 Å². The number of ether oxygens (including phenoxy) is 1. The Kier molecular flexibility index (Phi) is 14.9. The van der Waals surface area contributed by atoms with E-state index in [0.29, 0.717) is 6.42 Å². The quantitative estimate of drug-likeness (QED) is 0.237. The van der Waals surface area contributed by atoms with Gasteiger partial charge in [-0.1, -0.05) is 77.6 Å². The van der Waals surface area contributed by atoms with Crippen LogP contribution in [0.1, 0.15) is 97.3 Å². The van der Waals surface area contributed by atoms with Crippen molar-refractivity contribution in [2.45, 2.75) is 97.3 Å². The fourth-order valence-electron chi connectivity index (χ4n) is 2.44. The number of rotatable bonds is 15. The molecule has 0 atom stereocenters. The second-order valence-electron chi connectivity index (χ2n) is 5.78. The molecule has 0 radical (unpaired) electrons. The molecule has 21 heavy (non-hydrogen) atoms. The lowest BCUT2D eigenvalue weighted by atomic mass is 10.0. The molecule has 0 aliphatic carbocycles. The summed E-state index contributed by atoms with van der Waals surface area (Å²) in [5, 5.41) is 0. The van der Waals surface area contributed by atoms with Crippen LogP contribution >= 0.6 is 0 Å². The first-order valence-electron chi connectivity index (χ1n) is 8.92. The first-order valence-corrected chi connectivity index (χ1v) is 8.92. The Morgan fingerprint density at radius 1 is 0.667 bits per heavy atom. The summed E-state index contributed by atoms with van der Waals surface area (Å²) >= 11 is 0.